The van der Waals surface area contributed by atoms with E-state index in [2.05, 4.69) is 12.1 Å². The molecule has 0 aromatic heterocycles. The molecule has 1 aliphatic carbocycles. The first-order chi connectivity index (χ1) is 9.56. The molecule has 0 saturated heterocycles. The third-order valence-electron chi connectivity index (χ3n) is 3.88. The van der Waals surface area contributed by atoms with Gasteiger partial charge in [-0.3, -0.25) is 4.79 Å². The van der Waals surface area contributed by atoms with E-state index in [-0.39, 0.29) is 22.7 Å². The number of benzene rings is 1. The lowest BCUT2D eigenvalue weighted by molar-refractivity contribution is -0.141. The van der Waals surface area contributed by atoms with E-state index in [0.29, 0.717) is 6.42 Å². The van der Waals surface area contributed by atoms with Crippen LogP contribution >= 0.6 is 11.8 Å². The van der Waals surface area contributed by atoms with Crippen LogP contribution < -0.4 is 5.73 Å². The molecule has 0 aliphatic heterocycles. The molecule has 4 heteroatoms. The van der Waals surface area contributed by atoms with E-state index >= 15 is 0 Å². The molecule has 3 nitrogen and oxygen atoms in total. The number of esters is 1. The molecule has 1 aromatic carbocycles. The van der Waals surface area contributed by atoms with Crippen LogP contribution in [0.5, 0.6) is 0 Å². The van der Waals surface area contributed by atoms with E-state index in [1.165, 1.54) is 12.7 Å². The molecule has 1 saturated carbocycles. The topological polar surface area (TPSA) is 52.3 Å². The van der Waals surface area contributed by atoms with Crippen molar-refractivity contribution in [2.45, 2.75) is 37.5 Å². The van der Waals surface area contributed by atoms with E-state index in [9.17, 15) is 4.79 Å². The first kappa shape index (κ1) is 15.4. The average Bonchev–Trinajstić information content (AvgIpc) is 3.19. The Balaban J connectivity index is 1.95. The SMILES string of the molecule is COC(=O)CC1(CSC(c2ccccc2)C(C)N)CC1. The first-order valence-corrected chi connectivity index (χ1v) is 8.10. The van der Waals surface area contributed by atoms with Gasteiger partial charge in [-0.15, -0.1) is 0 Å². The van der Waals surface area contributed by atoms with Gasteiger partial charge in [-0.1, -0.05) is 30.3 Å². The summed E-state index contributed by atoms with van der Waals surface area (Å²) in [6.07, 6.45) is 2.78. The number of hydrogen-bond acceptors (Lipinski definition) is 4. The third-order valence-corrected chi connectivity index (χ3v) is 5.72. The van der Waals surface area contributed by atoms with Gasteiger partial charge in [0.05, 0.1) is 13.5 Å². The summed E-state index contributed by atoms with van der Waals surface area (Å²) < 4.78 is 4.79. The highest BCUT2D eigenvalue weighted by Crippen LogP contribution is 2.53. The zero-order valence-corrected chi connectivity index (χ0v) is 13.0. The van der Waals surface area contributed by atoms with Crippen LogP contribution in [0.15, 0.2) is 30.3 Å². The summed E-state index contributed by atoms with van der Waals surface area (Å²) in [5, 5.41) is 0.284. The van der Waals surface area contributed by atoms with Crippen molar-refractivity contribution < 1.29 is 9.53 Å². The number of rotatable bonds is 7. The van der Waals surface area contributed by atoms with E-state index in [1.54, 1.807) is 0 Å². The van der Waals surface area contributed by atoms with Gasteiger partial charge in [-0.05, 0) is 30.7 Å². The lowest BCUT2D eigenvalue weighted by atomic mass is 10.1. The van der Waals surface area contributed by atoms with E-state index in [4.69, 9.17) is 10.5 Å². The monoisotopic (exact) mass is 293 g/mol. The second-order valence-corrected chi connectivity index (χ2v) is 6.88. The lowest BCUT2D eigenvalue weighted by Crippen LogP contribution is -2.24. The Morgan fingerprint density at radius 1 is 1.40 bits per heavy atom. The minimum atomic E-state index is -0.0971. The largest absolute Gasteiger partial charge is 0.469 e. The minimum Gasteiger partial charge on any atom is -0.469 e. The summed E-state index contributed by atoms with van der Waals surface area (Å²) in [5.74, 6) is 0.878. The Labute approximate surface area is 125 Å². The number of ether oxygens (including phenoxy) is 1. The van der Waals surface area contributed by atoms with Crippen LogP contribution in [0.3, 0.4) is 0 Å². The number of carbonyl (C=O) groups excluding carboxylic acids is 1. The van der Waals surface area contributed by atoms with E-state index in [1.807, 2.05) is 36.9 Å². The van der Waals surface area contributed by atoms with Gasteiger partial charge in [0.2, 0.25) is 0 Å². The normalized spacial score (nSPS) is 19.1. The standard InChI is InChI=1S/C16H23NO2S/c1-12(17)15(13-6-4-3-5-7-13)20-11-16(8-9-16)10-14(18)19-2/h3-7,12,15H,8-11,17H2,1-2H3. The number of nitrogens with two attached hydrogens (primary N) is 1. The summed E-state index contributed by atoms with van der Waals surface area (Å²) in [5.41, 5.74) is 7.55. The van der Waals surface area contributed by atoms with Crippen LogP contribution in [0.1, 0.15) is 37.0 Å². The van der Waals surface area contributed by atoms with Gasteiger partial charge in [0, 0.05) is 17.0 Å². The van der Waals surface area contributed by atoms with Gasteiger partial charge in [0.25, 0.3) is 0 Å². The Morgan fingerprint density at radius 3 is 2.55 bits per heavy atom. The van der Waals surface area contributed by atoms with Gasteiger partial charge in [-0.2, -0.15) is 11.8 Å². The lowest BCUT2D eigenvalue weighted by Gasteiger charge is -2.23. The molecule has 2 unspecified atom stereocenters. The molecule has 2 N–H and O–H groups in total. The van der Waals surface area contributed by atoms with Crippen molar-refractivity contribution in [1.29, 1.82) is 0 Å². The summed E-state index contributed by atoms with van der Waals surface area (Å²) in [6.45, 7) is 2.05. The molecular weight excluding hydrogens is 270 g/mol. The highest BCUT2D eigenvalue weighted by molar-refractivity contribution is 7.99. The van der Waals surface area contributed by atoms with E-state index in [0.717, 1.165) is 18.6 Å². The van der Waals surface area contributed by atoms with Crippen LogP contribution in [0.4, 0.5) is 0 Å². The molecule has 20 heavy (non-hydrogen) atoms. The van der Waals surface area contributed by atoms with Crippen LogP contribution in [0.25, 0.3) is 0 Å². The third kappa shape index (κ3) is 4.00. The maximum absolute atomic E-state index is 11.5. The smallest absolute Gasteiger partial charge is 0.306 e. The molecule has 0 heterocycles. The van der Waals surface area contributed by atoms with Gasteiger partial charge in [-0.25, -0.2) is 0 Å². The Bertz CT molecular complexity index is 443. The second-order valence-electron chi connectivity index (χ2n) is 5.75. The summed E-state index contributed by atoms with van der Waals surface area (Å²) in [4.78, 5) is 11.5. The van der Waals surface area contributed by atoms with Crippen LogP contribution in [0.2, 0.25) is 0 Å². The van der Waals surface area contributed by atoms with Crippen LogP contribution in [0, 0.1) is 5.41 Å². The maximum Gasteiger partial charge on any atom is 0.306 e. The van der Waals surface area contributed by atoms with Crippen molar-refractivity contribution >= 4 is 17.7 Å². The molecule has 0 amide bonds. The minimum absolute atomic E-state index is 0.0938. The van der Waals surface area contributed by atoms with Crippen molar-refractivity contribution in [2.24, 2.45) is 11.1 Å². The summed E-state index contributed by atoms with van der Waals surface area (Å²) in [6, 6.07) is 10.5. The van der Waals surface area contributed by atoms with Crippen molar-refractivity contribution in [1.82, 2.24) is 0 Å². The summed E-state index contributed by atoms with van der Waals surface area (Å²) >= 11 is 1.87. The van der Waals surface area contributed by atoms with Crippen molar-refractivity contribution in [3.05, 3.63) is 35.9 Å². The van der Waals surface area contributed by atoms with Crippen LogP contribution in [-0.4, -0.2) is 24.9 Å². The quantitative estimate of drug-likeness (QED) is 0.785. The van der Waals surface area contributed by atoms with Gasteiger partial charge >= 0.3 is 5.97 Å². The second kappa shape index (κ2) is 6.64. The van der Waals surface area contributed by atoms with Crippen molar-refractivity contribution in [2.75, 3.05) is 12.9 Å². The Kier molecular flexibility index (Phi) is 5.11. The molecule has 1 aromatic rings. The fraction of sp³-hybridized carbons (Fsp3) is 0.562. The van der Waals surface area contributed by atoms with Crippen molar-refractivity contribution in [3.63, 3.8) is 0 Å². The Morgan fingerprint density at radius 2 is 2.05 bits per heavy atom. The van der Waals surface area contributed by atoms with E-state index < -0.39 is 0 Å². The fourth-order valence-corrected chi connectivity index (χ4v) is 3.97. The van der Waals surface area contributed by atoms with Gasteiger partial charge in [0.15, 0.2) is 0 Å². The molecule has 1 aliphatic rings. The predicted octanol–water partition coefficient (Wildman–Crippen LogP) is 3.15. The number of hydrogen-bond donors (Lipinski definition) is 1. The number of thioether (sulfide) groups is 1. The van der Waals surface area contributed by atoms with Gasteiger partial charge < -0.3 is 10.5 Å². The highest BCUT2D eigenvalue weighted by atomic mass is 32.2. The molecule has 2 atom stereocenters. The van der Waals surface area contributed by atoms with Crippen LogP contribution in [-0.2, 0) is 9.53 Å². The predicted molar refractivity (Wildman–Crippen MR) is 83.6 cm³/mol. The molecule has 110 valence electrons. The molecule has 0 radical (unpaired) electrons. The molecule has 1 fully saturated rings. The highest BCUT2D eigenvalue weighted by Gasteiger charge is 2.45. The average molecular weight is 293 g/mol. The zero-order chi connectivity index (χ0) is 14.6. The van der Waals surface area contributed by atoms with Crippen molar-refractivity contribution in [3.8, 4) is 0 Å². The molecule has 0 spiro atoms. The fourth-order valence-electron chi connectivity index (χ4n) is 2.39. The van der Waals surface area contributed by atoms with Gasteiger partial charge in [0.1, 0.15) is 0 Å². The number of methoxy groups -OCH3 is 1. The molecule has 0 bridgehead atoms. The first-order valence-electron chi connectivity index (χ1n) is 7.05. The Hall–Kier alpha value is -1.00. The molecular formula is C16H23NO2S. The summed E-state index contributed by atoms with van der Waals surface area (Å²) in [7, 11) is 1.46. The zero-order valence-electron chi connectivity index (χ0n) is 12.2. The number of carbonyl (C=O) groups is 1. The maximum atomic E-state index is 11.5. The molecule has 2 rings (SSSR count).